The van der Waals surface area contributed by atoms with Crippen molar-refractivity contribution in [3.8, 4) is 0 Å². The van der Waals surface area contributed by atoms with E-state index in [-0.39, 0.29) is 10.8 Å². The van der Waals surface area contributed by atoms with Crippen molar-refractivity contribution in [3.63, 3.8) is 0 Å². The van der Waals surface area contributed by atoms with Crippen LogP contribution in [0.2, 0.25) is 5.02 Å². The van der Waals surface area contributed by atoms with E-state index in [1.54, 1.807) is 19.1 Å². The van der Waals surface area contributed by atoms with Crippen LogP contribution in [0.3, 0.4) is 0 Å². The third-order valence-electron chi connectivity index (χ3n) is 4.84. The van der Waals surface area contributed by atoms with E-state index in [1.807, 2.05) is 31.2 Å². The number of sulfonamides is 1. The molecule has 28 heavy (non-hydrogen) atoms. The van der Waals surface area contributed by atoms with E-state index in [1.165, 1.54) is 10.4 Å². The molecule has 0 spiro atoms. The molecule has 0 aromatic heterocycles. The molecule has 0 saturated carbocycles. The van der Waals surface area contributed by atoms with Crippen LogP contribution in [0.5, 0.6) is 0 Å². The van der Waals surface area contributed by atoms with Gasteiger partial charge in [-0.1, -0.05) is 23.7 Å². The van der Waals surface area contributed by atoms with Gasteiger partial charge < -0.3 is 10.2 Å². The smallest absolute Gasteiger partial charge is 0.251 e. The van der Waals surface area contributed by atoms with Gasteiger partial charge in [0.2, 0.25) is 10.0 Å². The van der Waals surface area contributed by atoms with E-state index >= 15 is 0 Å². The maximum Gasteiger partial charge on any atom is 0.251 e. The van der Waals surface area contributed by atoms with E-state index in [4.69, 9.17) is 11.6 Å². The molecule has 1 heterocycles. The summed E-state index contributed by atoms with van der Waals surface area (Å²) in [7, 11) is -3.66. The van der Waals surface area contributed by atoms with Crippen LogP contribution < -0.4 is 10.2 Å². The van der Waals surface area contributed by atoms with Crippen LogP contribution in [0.15, 0.2) is 47.4 Å². The van der Waals surface area contributed by atoms with Crippen molar-refractivity contribution in [2.24, 2.45) is 0 Å². The van der Waals surface area contributed by atoms with Crippen molar-refractivity contribution >= 4 is 33.2 Å². The van der Waals surface area contributed by atoms with Gasteiger partial charge in [-0.2, -0.15) is 4.31 Å². The standard InChI is InChI=1S/C20H24ClN3O3S/c1-3-22-20(25)19-14-18(8-7-15(19)2)28(26,27)24-11-9-23(10-12-24)17-6-4-5-16(21)13-17/h4-8,13-14H,3,9-12H2,1-2H3,(H,22,25). The second-order valence-electron chi connectivity index (χ2n) is 6.71. The minimum atomic E-state index is -3.66. The summed E-state index contributed by atoms with van der Waals surface area (Å²) in [4.78, 5) is 14.5. The van der Waals surface area contributed by atoms with Gasteiger partial charge in [0.25, 0.3) is 5.91 Å². The monoisotopic (exact) mass is 421 g/mol. The Bertz CT molecular complexity index is 970. The van der Waals surface area contributed by atoms with Crippen molar-refractivity contribution < 1.29 is 13.2 Å². The number of benzene rings is 2. The molecule has 0 atom stereocenters. The molecule has 0 radical (unpaired) electrons. The molecular formula is C20H24ClN3O3S. The van der Waals surface area contributed by atoms with Crippen LogP contribution in [0.25, 0.3) is 0 Å². The summed E-state index contributed by atoms with van der Waals surface area (Å²) >= 11 is 6.06. The Balaban J connectivity index is 1.77. The lowest BCUT2D eigenvalue weighted by atomic mass is 10.1. The highest BCUT2D eigenvalue weighted by Gasteiger charge is 2.29. The molecule has 0 aliphatic carbocycles. The number of anilines is 1. The fraction of sp³-hybridized carbons (Fsp3) is 0.350. The predicted molar refractivity (Wildman–Crippen MR) is 112 cm³/mol. The lowest BCUT2D eigenvalue weighted by Gasteiger charge is -2.35. The quantitative estimate of drug-likeness (QED) is 0.805. The second kappa shape index (κ2) is 8.51. The summed E-state index contributed by atoms with van der Waals surface area (Å²) in [5, 5.41) is 3.38. The Morgan fingerprint density at radius 3 is 2.46 bits per heavy atom. The molecule has 0 bridgehead atoms. The summed E-state index contributed by atoms with van der Waals surface area (Å²) < 4.78 is 27.6. The van der Waals surface area contributed by atoms with E-state index in [0.717, 1.165) is 11.3 Å². The van der Waals surface area contributed by atoms with Gasteiger partial charge in [-0.05, 0) is 49.7 Å². The molecule has 1 N–H and O–H groups in total. The molecule has 1 aliphatic heterocycles. The van der Waals surface area contributed by atoms with E-state index in [9.17, 15) is 13.2 Å². The van der Waals surface area contributed by atoms with Gasteiger partial charge in [-0.15, -0.1) is 0 Å². The molecule has 1 fully saturated rings. The van der Waals surface area contributed by atoms with Gasteiger partial charge in [0.15, 0.2) is 0 Å². The van der Waals surface area contributed by atoms with Gasteiger partial charge in [0.1, 0.15) is 0 Å². The number of nitrogens with one attached hydrogen (secondary N) is 1. The number of hydrogen-bond donors (Lipinski definition) is 1. The number of halogens is 1. The molecule has 0 unspecified atom stereocenters. The highest BCUT2D eigenvalue weighted by atomic mass is 35.5. The van der Waals surface area contributed by atoms with Crippen LogP contribution in [0, 0.1) is 6.92 Å². The van der Waals surface area contributed by atoms with Crippen molar-refractivity contribution in [1.29, 1.82) is 0 Å². The first-order valence-electron chi connectivity index (χ1n) is 9.22. The lowest BCUT2D eigenvalue weighted by Crippen LogP contribution is -2.48. The van der Waals surface area contributed by atoms with Crippen LogP contribution in [0.1, 0.15) is 22.8 Å². The topological polar surface area (TPSA) is 69.7 Å². The van der Waals surface area contributed by atoms with Crippen molar-refractivity contribution in [2.75, 3.05) is 37.6 Å². The third-order valence-corrected chi connectivity index (χ3v) is 6.97. The van der Waals surface area contributed by atoms with Crippen molar-refractivity contribution in [3.05, 3.63) is 58.6 Å². The molecule has 1 saturated heterocycles. The summed E-state index contributed by atoms with van der Waals surface area (Å²) in [5.74, 6) is -0.261. The Labute approximate surface area is 171 Å². The first-order chi connectivity index (χ1) is 13.3. The first-order valence-corrected chi connectivity index (χ1v) is 11.0. The normalized spacial score (nSPS) is 15.5. The summed E-state index contributed by atoms with van der Waals surface area (Å²) in [6.45, 7) is 6.01. The van der Waals surface area contributed by atoms with Gasteiger partial charge >= 0.3 is 0 Å². The average molecular weight is 422 g/mol. The highest BCUT2D eigenvalue weighted by Crippen LogP contribution is 2.24. The summed E-state index contributed by atoms with van der Waals surface area (Å²) in [6.07, 6.45) is 0. The van der Waals surface area contributed by atoms with Gasteiger partial charge in [-0.25, -0.2) is 8.42 Å². The number of carbonyl (C=O) groups is 1. The fourth-order valence-corrected chi connectivity index (χ4v) is 4.90. The van der Waals surface area contributed by atoms with Crippen LogP contribution in [0.4, 0.5) is 5.69 Å². The van der Waals surface area contributed by atoms with Crippen LogP contribution >= 0.6 is 11.6 Å². The first kappa shape index (κ1) is 20.6. The van der Waals surface area contributed by atoms with Crippen LogP contribution in [-0.4, -0.2) is 51.4 Å². The van der Waals surface area contributed by atoms with Crippen molar-refractivity contribution in [1.82, 2.24) is 9.62 Å². The van der Waals surface area contributed by atoms with Gasteiger partial charge in [0.05, 0.1) is 4.90 Å². The molecule has 150 valence electrons. The minimum absolute atomic E-state index is 0.149. The Kier molecular flexibility index (Phi) is 6.27. The molecule has 3 rings (SSSR count). The molecule has 2 aromatic rings. The number of aryl methyl sites for hydroxylation is 1. The second-order valence-corrected chi connectivity index (χ2v) is 9.08. The highest BCUT2D eigenvalue weighted by molar-refractivity contribution is 7.89. The van der Waals surface area contributed by atoms with E-state index in [0.29, 0.717) is 43.3 Å². The summed E-state index contributed by atoms with van der Waals surface area (Å²) in [6, 6.07) is 12.3. The third kappa shape index (κ3) is 4.32. The van der Waals surface area contributed by atoms with Crippen LogP contribution in [-0.2, 0) is 10.0 Å². The Morgan fingerprint density at radius 2 is 1.82 bits per heavy atom. The Hall–Kier alpha value is -2.09. The number of nitrogens with zero attached hydrogens (tertiary/aromatic N) is 2. The Morgan fingerprint density at radius 1 is 1.11 bits per heavy atom. The predicted octanol–water partition coefficient (Wildman–Crippen LogP) is 2.91. The van der Waals surface area contributed by atoms with E-state index in [2.05, 4.69) is 10.2 Å². The zero-order valence-corrected chi connectivity index (χ0v) is 17.6. The zero-order chi connectivity index (χ0) is 20.3. The number of hydrogen-bond acceptors (Lipinski definition) is 4. The maximum absolute atomic E-state index is 13.1. The minimum Gasteiger partial charge on any atom is -0.369 e. The lowest BCUT2D eigenvalue weighted by molar-refractivity contribution is 0.0955. The van der Waals surface area contributed by atoms with E-state index < -0.39 is 10.0 Å². The zero-order valence-electron chi connectivity index (χ0n) is 16.0. The SMILES string of the molecule is CCNC(=O)c1cc(S(=O)(=O)N2CCN(c3cccc(Cl)c3)CC2)ccc1C. The van der Waals surface area contributed by atoms with Gasteiger partial charge in [0, 0.05) is 49.0 Å². The molecule has 1 aliphatic rings. The number of rotatable bonds is 5. The maximum atomic E-state index is 13.1. The number of piperazine rings is 1. The molecular weight excluding hydrogens is 398 g/mol. The molecule has 2 aromatic carbocycles. The largest absolute Gasteiger partial charge is 0.369 e. The molecule has 8 heteroatoms. The number of carbonyl (C=O) groups excluding carboxylic acids is 1. The number of amides is 1. The van der Waals surface area contributed by atoms with Crippen molar-refractivity contribution in [2.45, 2.75) is 18.7 Å². The molecule has 6 nitrogen and oxygen atoms in total. The average Bonchev–Trinajstić information content (AvgIpc) is 2.68. The molecule has 1 amide bonds. The summed E-state index contributed by atoms with van der Waals surface area (Å²) in [5.41, 5.74) is 2.12. The fourth-order valence-electron chi connectivity index (χ4n) is 3.27. The van der Waals surface area contributed by atoms with Gasteiger partial charge in [-0.3, -0.25) is 4.79 Å².